The molecule has 0 aliphatic rings. The number of pyridine rings is 2. The molecule has 110 valence electrons. The molecule has 0 saturated carbocycles. The second-order valence-electron chi connectivity index (χ2n) is 5.58. The highest BCUT2D eigenvalue weighted by atomic mass is 15.1. The third-order valence-corrected chi connectivity index (χ3v) is 4.26. The minimum Gasteiger partial charge on any atom is -0.282 e. The molecule has 0 aliphatic heterocycles. The number of hydrogen-bond acceptors (Lipinski definition) is 4. The fourth-order valence-electron chi connectivity index (χ4n) is 3.16. The first-order chi connectivity index (χ1) is 11.3. The summed E-state index contributed by atoms with van der Waals surface area (Å²) in [5, 5.41) is 18.6. The Hall–Kier alpha value is -3.28. The number of aryl methyl sites for hydroxylation is 1. The number of nitrogens with one attached hydrogen (secondary N) is 2. The van der Waals surface area contributed by atoms with Gasteiger partial charge in [-0.1, -0.05) is 0 Å². The molecular formula is C17H12N6. The van der Waals surface area contributed by atoms with E-state index in [0.717, 1.165) is 49.5 Å². The van der Waals surface area contributed by atoms with Crippen LogP contribution in [0.3, 0.4) is 0 Å². The van der Waals surface area contributed by atoms with Crippen LogP contribution in [0.15, 0.2) is 43.0 Å². The summed E-state index contributed by atoms with van der Waals surface area (Å²) in [5.74, 6) is 0. The number of nitrogens with zero attached hydrogens (tertiary/aromatic N) is 4. The maximum absolute atomic E-state index is 4.89. The van der Waals surface area contributed by atoms with Crippen LogP contribution >= 0.6 is 0 Å². The SMILES string of the molecule is Cc1[nH]ncc1-c1nc2ccc3[nH]ncc3c2c2ccncc12. The molecule has 0 spiro atoms. The summed E-state index contributed by atoms with van der Waals surface area (Å²) < 4.78 is 0. The number of benzene rings is 1. The molecule has 6 heteroatoms. The molecule has 5 rings (SSSR count). The van der Waals surface area contributed by atoms with Gasteiger partial charge in [-0.25, -0.2) is 4.98 Å². The van der Waals surface area contributed by atoms with Gasteiger partial charge in [0.1, 0.15) is 0 Å². The van der Waals surface area contributed by atoms with E-state index in [1.54, 1.807) is 0 Å². The van der Waals surface area contributed by atoms with Crippen molar-refractivity contribution >= 4 is 32.6 Å². The molecule has 1 aromatic carbocycles. The van der Waals surface area contributed by atoms with Gasteiger partial charge in [-0.2, -0.15) is 10.2 Å². The first kappa shape index (κ1) is 12.3. The van der Waals surface area contributed by atoms with Gasteiger partial charge in [0.15, 0.2) is 0 Å². The number of fused-ring (bicyclic) bond motifs is 5. The number of aromatic amines is 2. The summed E-state index contributed by atoms with van der Waals surface area (Å²) >= 11 is 0. The van der Waals surface area contributed by atoms with Crippen molar-refractivity contribution in [3.05, 3.63) is 48.7 Å². The van der Waals surface area contributed by atoms with E-state index in [0.29, 0.717) is 0 Å². The molecule has 4 aromatic heterocycles. The lowest BCUT2D eigenvalue weighted by Crippen LogP contribution is -1.91. The minimum atomic E-state index is 0.898. The molecule has 0 aliphatic carbocycles. The zero-order chi connectivity index (χ0) is 15.4. The topological polar surface area (TPSA) is 83.1 Å². The number of H-pyrrole nitrogens is 2. The van der Waals surface area contributed by atoms with Crippen molar-refractivity contribution < 1.29 is 0 Å². The van der Waals surface area contributed by atoms with E-state index in [2.05, 4.69) is 25.4 Å². The fraction of sp³-hybridized carbons (Fsp3) is 0.0588. The first-order valence-corrected chi connectivity index (χ1v) is 7.33. The molecular weight excluding hydrogens is 288 g/mol. The minimum absolute atomic E-state index is 0.898. The Balaban J connectivity index is 2.04. The molecule has 6 nitrogen and oxygen atoms in total. The molecule has 4 heterocycles. The molecule has 0 unspecified atom stereocenters. The molecule has 2 N–H and O–H groups in total. The van der Waals surface area contributed by atoms with Gasteiger partial charge in [0.05, 0.1) is 29.1 Å². The summed E-state index contributed by atoms with van der Waals surface area (Å²) in [7, 11) is 0. The predicted octanol–water partition coefficient (Wildman–Crippen LogP) is 3.36. The smallest absolute Gasteiger partial charge is 0.0837 e. The van der Waals surface area contributed by atoms with Crippen LogP contribution in [-0.2, 0) is 0 Å². The number of hydrogen-bond donors (Lipinski definition) is 2. The van der Waals surface area contributed by atoms with Crippen molar-refractivity contribution in [2.24, 2.45) is 0 Å². The predicted molar refractivity (Wildman–Crippen MR) is 89.0 cm³/mol. The molecule has 0 atom stereocenters. The van der Waals surface area contributed by atoms with Crippen LogP contribution in [0, 0.1) is 6.92 Å². The second kappa shape index (κ2) is 4.36. The van der Waals surface area contributed by atoms with E-state index in [9.17, 15) is 0 Å². The summed E-state index contributed by atoms with van der Waals surface area (Å²) in [4.78, 5) is 9.19. The van der Waals surface area contributed by atoms with Crippen LogP contribution in [0.5, 0.6) is 0 Å². The Labute approximate surface area is 130 Å². The quantitative estimate of drug-likeness (QED) is 0.465. The van der Waals surface area contributed by atoms with Crippen molar-refractivity contribution in [3.63, 3.8) is 0 Å². The van der Waals surface area contributed by atoms with Gasteiger partial charge in [-0.15, -0.1) is 0 Å². The van der Waals surface area contributed by atoms with Crippen molar-refractivity contribution in [2.75, 3.05) is 0 Å². The van der Waals surface area contributed by atoms with Gasteiger partial charge in [-0.3, -0.25) is 15.2 Å². The van der Waals surface area contributed by atoms with Gasteiger partial charge in [0, 0.05) is 39.8 Å². The molecule has 0 radical (unpaired) electrons. The van der Waals surface area contributed by atoms with Crippen LogP contribution in [0.25, 0.3) is 43.8 Å². The van der Waals surface area contributed by atoms with Crippen molar-refractivity contribution in [1.29, 1.82) is 0 Å². The van der Waals surface area contributed by atoms with Gasteiger partial charge < -0.3 is 0 Å². The zero-order valence-electron chi connectivity index (χ0n) is 12.3. The highest BCUT2D eigenvalue weighted by Crippen LogP contribution is 2.35. The summed E-state index contributed by atoms with van der Waals surface area (Å²) in [5.41, 5.74) is 4.83. The van der Waals surface area contributed by atoms with Gasteiger partial charge in [0.2, 0.25) is 0 Å². The average molecular weight is 300 g/mol. The Kier molecular flexibility index (Phi) is 2.33. The number of rotatable bonds is 1. The Morgan fingerprint density at radius 2 is 1.78 bits per heavy atom. The van der Waals surface area contributed by atoms with E-state index in [1.165, 1.54) is 0 Å². The van der Waals surface area contributed by atoms with Crippen LogP contribution in [0.4, 0.5) is 0 Å². The normalized spacial score (nSPS) is 11.7. The van der Waals surface area contributed by atoms with Gasteiger partial charge in [-0.05, 0) is 30.5 Å². The lowest BCUT2D eigenvalue weighted by atomic mass is 10.0. The van der Waals surface area contributed by atoms with Crippen molar-refractivity contribution in [3.8, 4) is 11.3 Å². The molecule has 0 amide bonds. The molecule has 5 aromatic rings. The molecule has 23 heavy (non-hydrogen) atoms. The van der Waals surface area contributed by atoms with Crippen LogP contribution in [-0.4, -0.2) is 30.4 Å². The van der Waals surface area contributed by atoms with E-state index in [4.69, 9.17) is 4.98 Å². The third kappa shape index (κ3) is 1.63. The molecule has 0 fully saturated rings. The van der Waals surface area contributed by atoms with Crippen molar-refractivity contribution in [2.45, 2.75) is 6.92 Å². The van der Waals surface area contributed by atoms with Crippen LogP contribution < -0.4 is 0 Å². The highest BCUT2D eigenvalue weighted by Gasteiger charge is 2.15. The average Bonchev–Trinajstić information content (AvgIpc) is 3.22. The van der Waals surface area contributed by atoms with Gasteiger partial charge in [0.25, 0.3) is 0 Å². The summed E-state index contributed by atoms with van der Waals surface area (Å²) in [6.07, 6.45) is 7.34. The maximum atomic E-state index is 4.89. The third-order valence-electron chi connectivity index (χ3n) is 4.26. The largest absolute Gasteiger partial charge is 0.282 e. The Morgan fingerprint density at radius 3 is 2.65 bits per heavy atom. The lowest BCUT2D eigenvalue weighted by Gasteiger charge is -2.09. The fourth-order valence-corrected chi connectivity index (χ4v) is 3.16. The van der Waals surface area contributed by atoms with E-state index < -0.39 is 0 Å². The van der Waals surface area contributed by atoms with Crippen molar-refractivity contribution in [1.82, 2.24) is 30.4 Å². The van der Waals surface area contributed by atoms with E-state index in [1.807, 2.05) is 49.9 Å². The second-order valence-corrected chi connectivity index (χ2v) is 5.58. The monoisotopic (exact) mass is 300 g/mol. The van der Waals surface area contributed by atoms with Crippen LogP contribution in [0.2, 0.25) is 0 Å². The van der Waals surface area contributed by atoms with E-state index in [-0.39, 0.29) is 0 Å². The van der Waals surface area contributed by atoms with Gasteiger partial charge >= 0.3 is 0 Å². The zero-order valence-corrected chi connectivity index (χ0v) is 12.3. The maximum Gasteiger partial charge on any atom is 0.0837 e. The standard InChI is InChI=1S/C17H12N6/c1-9-11(7-19-22-9)17-12-6-18-5-4-10(12)16-13-8-20-23-14(13)2-3-15(16)21-17/h2-8H,1H3,(H,19,22)(H,20,23). The van der Waals surface area contributed by atoms with E-state index >= 15 is 0 Å². The number of aromatic nitrogens is 6. The Bertz CT molecular complexity index is 1180. The molecule has 0 saturated heterocycles. The lowest BCUT2D eigenvalue weighted by molar-refractivity contribution is 1.05. The van der Waals surface area contributed by atoms with Crippen LogP contribution in [0.1, 0.15) is 5.69 Å². The summed E-state index contributed by atoms with van der Waals surface area (Å²) in [6.45, 7) is 2.00. The first-order valence-electron chi connectivity index (χ1n) is 7.33. The molecule has 0 bridgehead atoms. The summed E-state index contributed by atoms with van der Waals surface area (Å²) in [6, 6.07) is 6.07. The highest BCUT2D eigenvalue weighted by molar-refractivity contribution is 6.20. The Morgan fingerprint density at radius 1 is 0.870 bits per heavy atom.